The smallest absolute Gasteiger partial charge is 0.336 e. The fraction of sp³-hybridized carbons (Fsp3) is 0.111. The van der Waals surface area contributed by atoms with Crippen molar-refractivity contribution in [3.8, 4) is 0 Å². The second-order valence-corrected chi connectivity index (χ2v) is 5.33. The number of rotatable bonds is 6. The first kappa shape index (κ1) is 34.9. The van der Waals surface area contributed by atoms with E-state index in [1.54, 1.807) is 0 Å². The Balaban J connectivity index is -0.000000234. The number of carboxylic acids is 6. The summed E-state index contributed by atoms with van der Waals surface area (Å²) in [6.07, 6.45) is 0. The van der Waals surface area contributed by atoms with E-state index in [1.165, 1.54) is 13.8 Å². The van der Waals surface area contributed by atoms with Crippen LogP contribution in [0.5, 0.6) is 0 Å². The molecule has 0 bridgehead atoms. The number of carboxylic acid groups (broad SMARTS) is 6. The molecule has 0 amide bonds. The third kappa shape index (κ3) is 12.1. The summed E-state index contributed by atoms with van der Waals surface area (Å²) >= 11 is 0. The van der Waals surface area contributed by atoms with Crippen molar-refractivity contribution in [1.82, 2.24) is 0 Å². The van der Waals surface area contributed by atoms with Gasteiger partial charge in [0.15, 0.2) is 0 Å². The Hall–Kier alpha value is -4.56. The summed E-state index contributed by atoms with van der Waals surface area (Å²) in [5, 5.41) is 50.8. The topological polar surface area (TPSA) is 287 Å². The van der Waals surface area contributed by atoms with Gasteiger partial charge in [-0.15, -0.1) is 0 Å². The highest BCUT2D eigenvalue weighted by molar-refractivity contribution is 6.09. The number of hydrogen-bond donors (Lipinski definition) is 6. The minimum absolute atomic E-state index is 0. The zero-order valence-corrected chi connectivity index (χ0v) is 16.7. The van der Waals surface area contributed by atoms with E-state index in [4.69, 9.17) is 30.6 Å². The van der Waals surface area contributed by atoms with Crippen LogP contribution in [0, 0.1) is 0 Å². The van der Waals surface area contributed by atoms with Gasteiger partial charge in [-0.05, 0) is 26.0 Å². The molecule has 0 saturated heterocycles. The van der Waals surface area contributed by atoms with Gasteiger partial charge in [-0.3, -0.25) is 0 Å². The molecule has 0 atom stereocenters. The van der Waals surface area contributed by atoms with Gasteiger partial charge in [0.2, 0.25) is 0 Å². The summed E-state index contributed by atoms with van der Waals surface area (Å²) in [4.78, 5) is 62.3. The number of aromatic carboxylic acids is 4. The van der Waals surface area contributed by atoms with Crippen molar-refractivity contribution < 1.29 is 70.4 Å². The lowest BCUT2D eigenvalue weighted by molar-refractivity contribution is -0.133. The van der Waals surface area contributed by atoms with E-state index < -0.39 is 58.1 Å². The molecule has 0 fully saturated rings. The van der Waals surface area contributed by atoms with Crippen molar-refractivity contribution in [3.63, 3.8) is 0 Å². The first-order valence-electron chi connectivity index (χ1n) is 7.43. The largest absolute Gasteiger partial charge is 0.478 e. The standard InChI is InChI=1S/C10H6O8.2C4H6O2.2H2O/c11-7(12)3-1-4(8(13)14)6(10(17)18)2-5(3)9(15)16;2*1-3(2)4(5)6;;/h1-2H,(H,11,12)(H,13,14)(H,15,16)(H,17,18);2*1H2,2H3,(H,5,6);2*1H2. The molecular formula is C18H22O14. The third-order valence-electron chi connectivity index (χ3n) is 2.81. The van der Waals surface area contributed by atoms with Crippen LogP contribution in [0.15, 0.2) is 36.4 Å². The van der Waals surface area contributed by atoms with Crippen molar-refractivity contribution in [2.24, 2.45) is 0 Å². The van der Waals surface area contributed by atoms with E-state index in [2.05, 4.69) is 13.2 Å². The number of benzene rings is 1. The molecule has 1 rings (SSSR count). The van der Waals surface area contributed by atoms with E-state index in [1.807, 2.05) is 0 Å². The van der Waals surface area contributed by atoms with Gasteiger partial charge in [0.05, 0.1) is 22.3 Å². The van der Waals surface area contributed by atoms with Crippen LogP contribution in [0.2, 0.25) is 0 Å². The van der Waals surface area contributed by atoms with Gasteiger partial charge < -0.3 is 41.6 Å². The van der Waals surface area contributed by atoms with Crippen molar-refractivity contribution in [3.05, 3.63) is 58.7 Å². The third-order valence-corrected chi connectivity index (χ3v) is 2.81. The Kier molecular flexibility index (Phi) is 16.7. The quantitative estimate of drug-likeness (QED) is 0.307. The fourth-order valence-corrected chi connectivity index (χ4v) is 1.31. The maximum absolute atomic E-state index is 10.8. The predicted octanol–water partition coefficient (Wildman–Crippen LogP) is 0.124. The summed E-state index contributed by atoms with van der Waals surface area (Å²) in [6.45, 7) is 9.20. The van der Waals surface area contributed by atoms with E-state index in [9.17, 15) is 28.8 Å². The lowest BCUT2D eigenvalue weighted by Crippen LogP contribution is -2.15. The van der Waals surface area contributed by atoms with E-state index >= 15 is 0 Å². The SMILES string of the molecule is C=C(C)C(=O)O.C=C(C)C(=O)O.O.O.O=C(O)c1cc(C(=O)O)c(C(=O)O)cc1C(=O)O. The van der Waals surface area contributed by atoms with E-state index in [-0.39, 0.29) is 22.1 Å². The van der Waals surface area contributed by atoms with Gasteiger partial charge >= 0.3 is 35.8 Å². The Labute approximate surface area is 179 Å². The molecule has 10 N–H and O–H groups in total. The Morgan fingerprint density at radius 2 is 0.656 bits per heavy atom. The molecule has 1 aromatic carbocycles. The van der Waals surface area contributed by atoms with Crippen LogP contribution in [-0.2, 0) is 9.59 Å². The molecular weight excluding hydrogens is 440 g/mol. The van der Waals surface area contributed by atoms with Crippen molar-refractivity contribution in [2.45, 2.75) is 13.8 Å². The highest BCUT2D eigenvalue weighted by Crippen LogP contribution is 2.18. The van der Waals surface area contributed by atoms with Gasteiger partial charge in [-0.25, -0.2) is 28.8 Å². The Morgan fingerprint density at radius 3 is 0.719 bits per heavy atom. The highest BCUT2D eigenvalue weighted by atomic mass is 16.4. The molecule has 32 heavy (non-hydrogen) atoms. The maximum Gasteiger partial charge on any atom is 0.336 e. The average Bonchev–Trinajstić information content (AvgIpc) is 2.60. The average molecular weight is 462 g/mol. The van der Waals surface area contributed by atoms with Crippen LogP contribution in [0.25, 0.3) is 0 Å². The van der Waals surface area contributed by atoms with Crippen LogP contribution >= 0.6 is 0 Å². The van der Waals surface area contributed by atoms with E-state index in [0.29, 0.717) is 12.1 Å². The maximum atomic E-state index is 10.8. The second-order valence-electron chi connectivity index (χ2n) is 5.33. The number of carbonyl (C=O) groups is 6. The van der Waals surface area contributed by atoms with Crippen LogP contribution in [-0.4, -0.2) is 77.4 Å². The Morgan fingerprint density at radius 1 is 0.531 bits per heavy atom. The molecule has 0 aliphatic rings. The fourth-order valence-electron chi connectivity index (χ4n) is 1.31. The summed E-state index contributed by atoms with van der Waals surface area (Å²) in [5.74, 6) is -8.51. The molecule has 0 spiro atoms. The first-order valence-corrected chi connectivity index (χ1v) is 7.43. The second kappa shape index (κ2) is 15.3. The zero-order valence-electron chi connectivity index (χ0n) is 16.7. The van der Waals surface area contributed by atoms with E-state index in [0.717, 1.165) is 0 Å². The normalized spacial score (nSPS) is 8.31. The predicted molar refractivity (Wildman–Crippen MR) is 106 cm³/mol. The molecule has 1 aromatic rings. The highest BCUT2D eigenvalue weighted by Gasteiger charge is 2.24. The minimum atomic E-state index is -1.66. The van der Waals surface area contributed by atoms with Crippen LogP contribution in [0.4, 0.5) is 0 Å². The van der Waals surface area contributed by atoms with Gasteiger partial charge in [0.25, 0.3) is 0 Å². The summed E-state index contributed by atoms with van der Waals surface area (Å²) in [6, 6.07) is 1.02. The molecule has 0 aliphatic heterocycles. The van der Waals surface area contributed by atoms with Crippen molar-refractivity contribution in [2.75, 3.05) is 0 Å². The molecule has 14 heteroatoms. The van der Waals surface area contributed by atoms with Crippen molar-refractivity contribution in [1.29, 1.82) is 0 Å². The summed E-state index contributed by atoms with van der Waals surface area (Å²) < 4.78 is 0. The zero-order chi connectivity index (χ0) is 24.3. The number of aliphatic carboxylic acids is 2. The minimum Gasteiger partial charge on any atom is -0.478 e. The molecule has 0 aliphatic carbocycles. The monoisotopic (exact) mass is 462 g/mol. The van der Waals surface area contributed by atoms with Gasteiger partial charge in [-0.2, -0.15) is 0 Å². The lowest BCUT2D eigenvalue weighted by atomic mass is 9.98. The molecule has 0 aromatic heterocycles. The Bertz CT molecular complexity index is 780. The molecule has 0 radical (unpaired) electrons. The molecule has 14 nitrogen and oxygen atoms in total. The van der Waals surface area contributed by atoms with Crippen molar-refractivity contribution >= 4 is 35.8 Å². The number of hydrogen-bond acceptors (Lipinski definition) is 6. The van der Waals surface area contributed by atoms with Crippen LogP contribution < -0.4 is 0 Å². The molecule has 0 saturated carbocycles. The van der Waals surface area contributed by atoms with Gasteiger partial charge in [-0.1, -0.05) is 13.2 Å². The van der Waals surface area contributed by atoms with Crippen LogP contribution in [0.3, 0.4) is 0 Å². The lowest BCUT2D eigenvalue weighted by Gasteiger charge is -2.06. The van der Waals surface area contributed by atoms with Crippen LogP contribution in [0.1, 0.15) is 55.3 Å². The molecule has 178 valence electrons. The molecule has 0 heterocycles. The first-order chi connectivity index (χ1) is 13.5. The summed E-state index contributed by atoms with van der Waals surface area (Å²) in [5.41, 5.74) is -2.80. The van der Waals surface area contributed by atoms with Gasteiger partial charge in [0.1, 0.15) is 0 Å². The van der Waals surface area contributed by atoms with Gasteiger partial charge in [0, 0.05) is 11.1 Å². The molecule has 0 unspecified atom stereocenters. The summed E-state index contributed by atoms with van der Waals surface area (Å²) in [7, 11) is 0.